The van der Waals surface area contributed by atoms with Gasteiger partial charge in [-0.3, -0.25) is 0 Å². The molecule has 0 bridgehead atoms. The molecule has 0 aliphatic carbocycles. The minimum atomic E-state index is -0.489. The molecule has 0 aromatic heterocycles. The Hall–Kier alpha value is -1.75. The van der Waals surface area contributed by atoms with Gasteiger partial charge in [0.1, 0.15) is 11.4 Å². The molecule has 2 rings (SSSR count). The van der Waals surface area contributed by atoms with Gasteiger partial charge >= 0.3 is 6.09 Å². The Morgan fingerprint density at radius 3 is 2.86 bits per heavy atom. The second-order valence-corrected chi connectivity index (χ2v) is 6.55. The highest BCUT2D eigenvalue weighted by molar-refractivity contribution is 5.68. The summed E-state index contributed by atoms with van der Waals surface area (Å²) in [5.74, 6) is 0.564. The van der Waals surface area contributed by atoms with Gasteiger partial charge in [0.15, 0.2) is 0 Å². The zero-order valence-electron chi connectivity index (χ0n) is 12.8. The van der Waals surface area contributed by atoms with Gasteiger partial charge in [-0.15, -0.1) is 0 Å². The summed E-state index contributed by atoms with van der Waals surface area (Å²) in [6, 6.07) is 7.30. The SMILES string of the molecule is CC(C)(C)OC(=O)NC1CNCC1Cc1cccc(O)c1. The lowest BCUT2D eigenvalue weighted by molar-refractivity contribution is 0.0497. The van der Waals surface area contributed by atoms with E-state index in [9.17, 15) is 9.90 Å². The van der Waals surface area contributed by atoms with Crippen LogP contribution in [0.5, 0.6) is 5.75 Å². The van der Waals surface area contributed by atoms with Gasteiger partial charge in [0.2, 0.25) is 0 Å². The number of hydrogen-bond donors (Lipinski definition) is 3. The van der Waals surface area contributed by atoms with Crippen LogP contribution in [0.15, 0.2) is 24.3 Å². The number of benzene rings is 1. The summed E-state index contributed by atoms with van der Waals surface area (Å²) >= 11 is 0. The molecule has 1 aromatic carbocycles. The molecule has 21 heavy (non-hydrogen) atoms. The fraction of sp³-hybridized carbons (Fsp3) is 0.562. The standard InChI is InChI=1S/C16H24N2O3/c1-16(2,3)21-15(20)18-14-10-17-9-12(14)7-11-5-4-6-13(19)8-11/h4-6,8,12,14,17,19H,7,9-10H2,1-3H3,(H,18,20). The molecule has 5 nitrogen and oxygen atoms in total. The van der Waals surface area contributed by atoms with Crippen LogP contribution < -0.4 is 10.6 Å². The van der Waals surface area contributed by atoms with Gasteiger partial charge in [-0.2, -0.15) is 0 Å². The predicted octanol–water partition coefficient (Wildman–Crippen LogP) is 2.05. The second-order valence-electron chi connectivity index (χ2n) is 6.55. The molecular formula is C16H24N2O3. The van der Waals surface area contributed by atoms with E-state index in [0.29, 0.717) is 5.92 Å². The average Bonchev–Trinajstić information content (AvgIpc) is 2.74. The van der Waals surface area contributed by atoms with Crippen molar-refractivity contribution in [3.8, 4) is 5.75 Å². The van der Waals surface area contributed by atoms with Gasteiger partial charge in [-0.25, -0.2) is 4.79 Å². The van der Waals surface area contributed by atoms with Crippen LogP contribution in [0.4, 0.5) is 4.79 Å². The molecule has 1 aliphatic heterocycles. The van der Waals surface area contributed by atoms with Crippen LogP contribution in [-0.2, 0) is 11.2 Å². The molecule has 116 valence electrons. The van der Waals surface area contributed by atoms with Gasteiger partial charge in [-0.1, -0.05) is 12.1 Å². The molecule has 1 aromatic rings. The molecule has 1 heterocycles. The Bertz CT molecular complexity index is 497. The first-order valence-corrected chi connectivity index (χ1v) is 7.31. The third-order valence-corrected chi connectivity index (χ3v) is 3.45. The first-order chi connectivity index (χ1) is 9.83. The summed E-state index contributed by atoms with van der Waals surface area (Å²) in [6.45, 7) is 7.13. The fourth-order valence-corrected chi connectivity index (χ4v) is 2.56. The number of amides is 1. The zero-order chi connectivity index (χ0) is 15.5. The fourth-order valence-electron chi connectivity index (χ4n) is 2.56. The molecule has 2 atom stereocenters. The number of phenolic OH excluding ortho intramolecular Hbond substituents is 1. The zero-order valence-corrected chi connectivity index (χ0v) is 12.8. The van der Waals surface area contributed by atoms with Crippen molar-refractivity contribution < 1.29 is 14.6 Å². The molecular weight excluding hydrogens is 268 g/mol. The van der Waals surface area contributed by atoms with E-state index in [-0.39, 0.29) is 17.9 Å². The molecule has 1 aliphatic rings. The summed E-state index contributed by atoms with van der Waals surface area (Å²) in [5, 5.41) is 15.7. The Balaban J connectivity index is 1.93. The van der Waals surface area contributed by atoms with Crippen LogP contribution >= 0.6 is 0 Å². The van der Waals surface area contributed by atoms with Crippen molar-refractivity contribution in [2.24, 2.45) is 5.92 Å². The Morgan fingerprint density at radius 1 is 1.43 bits per heavy atom. The number of hydrogen-bond acceptors (Lipinski definition) is 4. The highest BCUT2D eigenvalue weighted by atomic mass is 16.6. The lowest BCUT2D eigenvalue weighted by Crippen LogP contribution is -2.43. The van der Waals surface area contributed by atoms with Crippen molar-refractivity contribution in [3.63, 3.8) is 0 Å². The number of carbonyl (C=O) groups excluding carboxylic acids is 1. The molecule has 3 N–H and O–H groups in total. The van der Waals surface area contributed by atoms with E-state index in [2.05, 4.69) is 10.6 Å². The minimum absolute atomic E-state index is 0.0437. The summed E-state index contributed by atoms with van der Waals surface area (Å²) in [7, 11) is 0. The molecule has 5 heteroatoms. The molecule has 0 saturated carbocycles. The van der Waals surface area contributed by atoms with Crippen LogP contribution in [0.2, 0.25) is 0 Å². The van der Waals surface area contributed by atoms with Crippen LogP contribution in [0.25, 0.3) is 0 Å². The van der Waals surface area contributed by atoms with E-state index >= 15 is 0 Å². The molecule has 2 unspecified atom stereocenters. The van der Waals surface area contributed by atoms with Crippen molar-refractivity contribution in [3.05, 3.63) is 29.8 Å². The number of ether oxygens (including phenoxy) is 1. The topological polar surface area (TPSA) is 70.6 Å². The third kappa shape index (κ3) is 4.93. The number of carbonyl (C=O) groups is 1. The molecule has 1 fully saturated rings. The highest BCUT2D eigenvalue weighted by Crippen LogP contribution is 2.19. The summed E-state index contributed by atoms with van der Waals surface area (Å²) in [6.07, 6.45) is 0.430. The highest BCUT2D eigenvalue weighted by Gasteiger charge is 2.30. The molecule has 1 saturated heterocycles. The van der Waals surface area contributed by atoms with E-state index < -0.39 is 5.60 Å². The summed E-state index contributed by atoms with van der Waals surface area (Å²) in [5.41, 5.74) is 0.580. The lowest BCUT2D eigenvalue weighted by atomic mass is 9.95. The maximum Gasteiger partial charge on any atom is 0.407 e. The van der Waals surface area contributed by atoms with Crippen LogP contribution in [0.1, 0.15) is 26.3 Å². The Kier molecular flexibility index (Phi) is 4.73. The van der Waals surface area contributed by atoms with Crippen molar-refractivity contribution >= 4 is 6.09 Å². The number of phenols is 1. The minimum Gasteiger partial charge on any atom is -0.508 e. The van der Waals surface area contributed by atoms with Crippen molar-refractivity contribution in [1.29, 1.82) is 0 Å². The molecule has 1 amide bonds. The van der Waals surface area contributed by atoms with Gasteiger partial charge < -0.3 is 20.5 Å². The Labute approximate surface area is 125 Å². The van der Waals surface area contributed by atoms with Crippen LogP contribution in [-0.4, -0.2) is 35.9 Å². The maximum absolute atomic E-state index is 11.9. The normalized spacial score (nSPS) is 22.0. The summed E-state index contributed by atoms with van der Waals surface area (Å²) < 4.78 is 5.30. The Morgan fingerprint density at radius 2 is 2.19 bits per heavy atom. The quantitative estimate of drug-likeness (QED) is 0.797. The molecule has 0 radical (unpaired) electrons. The first kappa shape index (κ1) is 15.6. The van der Waals surface area contributed by atoms with E-state index in [1.54, 1.807) is 12.1 Å². The van der Waals surface area contributed by atoms with Crippen LogP contribution in [0, 0.1) is 5.92 Å². The number of nitrogens with one attached hydrogen (secondary N) is 2. The van der Waals surface area contributed by atoms with E-state index in [1.807, 2.05) is 32.9 Å². The first-order valence-electron chi connectivity index (χ1n) is 7.31. The largest absolute Gasteiger partial charge is 0.508 e. The third-order valence-electron chi connectivity index (χ3n) is 3.45. The van der Waals surface area contributed by atoms with Crippen molar-refractivity contribution in [2.45, 2.75) is 38.8 Å². The predicted molar refractivity (Wildman–Crippen MR) is 81.3 cm³/mol. The van der Waals surface area contributed by atoms with Gasteiger partial charge in [-0.05, 0) is 50.8 Å². The smallest absolute Gasteiger partial charge is 0.407 e. The van der Waals surface area contributed by atoms with Gasteiger partial charge in [0, 0.05) is 19.1 Å². The van der Waals surface area contributed by atoms with Gasteiger partial charge in [0.05, 0.1) is 0 Å². The summed E-state index contributed by atoms with van der Waals surface area (Å²) in [4.78, 5) is 11.9. The number of alkyl carbamates (subject to hydrolysis) is 1. The van der Waals surface area contributed by atoms with Gasteiger partial charge in [0.25, 0.3) is 0 Å². The van der Waals surface area contributed by atoms with Crippen molar-refractivity contribution in [2.75, 3.05) is 13.1 Å². The molecule has 0 spiro atoms. The second kappa shape index (κ2) is 6.35. The lowest BCUT2D eigenvalue weighted by Gasteiger charge is -2.24. The van der Waals surface area contributed by atoms with Crippen LogP contribution in [0.3, 0.4) is 0 Å². The van der Waals surface area contributed by atoms with E-state index in [4.69, 9.17) is 4.74 Å². The number of aromatic hydroxyl groups is 1. The maximum atomic E-state index is 11.9. The van der Waals surface area contributed by atoms with E-state index in [1.165, 1.54) is 0 Å². The average molecular weight is 292 g/mol. The van der Waals surface area contributed by atoms with E-state index in [0.717, 1.165) is 25.1 Å². The number of rotatable bonds is 3. The van der Waals surface area contributed by atoms with Crippen molar-refractivity contribution in [1.82, 2.24) is 10.6 Å². The monoisotopic (exact) mass is 292 g/mol.